The number of methoxy groups -OCH3 is 1. The van der Waals surface area contributed by atoms with Gasteiger partial charge in [-0.25, -0.2) is 9.97 Å². The number of para-hydroxylation sites is 1. The van der Waals surface area contributed by atoms with Crippen molar-refractivity contribution in [1.29, 1.82) is 0 Å². The highest BCUT2D eigenvalue weighted by molar-refractivity contribution is 8.00. The van der Waals surface area contributed by atoms with Crippen molar-refractivity contribution in [3.05, 3.63) is 54.9 Å². The number of aromatic nitrogens is 3. The molecule has 0 saturated heterocycles. The summed E-state index contributed by atoms with van der Waals surface area (Å²) in [6.07, 6.45) is 1.52. The number of carbonyl (C=O) groups is 1. The third kappa shape index (κ3) is 3.21. The van der Waals surface area contributed by atoms with Gasteiger partial charge < -0.3 is 15.0 Å². The number of benzene rings is 2. The summed E-state index contributed by atoms with van der Waals surface area (Å²) in [7, 11) is 1.64. The minimum absolute atomic E-state index is 0.0780. The van der Waals surface area contributed by atoms with Crippen molar-refractivity contribution in [2.24, 2.45) is 0 Å². The Bertz CT molecular complexity index is 1080. The normalized spacial score (nSPS) is 11.0. The van der Waals surface area contributed by atoms with Crippen LogP contribution in [0.3, 0.4) is 0 Å². The minimum atomic E-state index is -0.0780. The highest BCUT2D eigenvalue weighted by Crippen LogP contribution is 2.31. The van der Waals surface area contributed by atoms with E-state index < -0.39 is 0 Å². The molecule has 0 atom stereocenters. The van der Waals surface area contributed by atoms with E-state index in [2.05, 4.69) is 20.3 Å². The van der Waals surface area contributed by atoms with E-state index in [0.717, 1.165) is 38.4 Å². The van der Waals surface area contributed by atoms with E-state index in [1.54, 1.807) is 7.11 Å². The Hall–Kier alpha value is -3.06. The molecule has 0 unspecified atom stereocenters. The van der Waals surface area contributed by atoms with Gasteiger partial charge in [0, 0.05) is 16.6 Å². The van der Waals surface area contributed by atoms with Crippen molar-refractivity contribution in [3.8, 4) is 5.75 Å². The van der Waals surface area contributed by atoms with Gasteiger partial charge in [0.25, 0.3) is 0 Å². The molecule has 0 bridgehead atoms. The summed E-state index contributed by atoms with van der Waals surface area (Å²) in [4.78, 5) is 24.2. The molecule has 7 heteroatoms. The number of thioether (sulfide) groups is 1. The first kappa shape index (κ1) is 16.4. The molecular weight excluding hydrogens is 348 g/mol. The van der Waals surface area contributed by atoms with Crippen molar-refractivity contribution in [1.82, 2.24) is 15.0 Å². The average Bonchev–Trinajstić information content (AvgIpc) is 3.05. The molecule has 26 heavy (non-hydrogen) atoms. The predicted molar refractivity (Wildman–Crippen MR) is 104 cm³/mol. The molecule has 0 aliphatic rings. The summed E-state index contributed by atoms with van der Waals surface area (Å²) in [6.45, 7) is 0. The fourth-order valence-corrected chi connectivity index (χ4v) is 3.49. The molecule has 2 aromatic carbocycles. The Morgan fingerprint density at radius 3 is 2.85 bits per heavy atom. The van der Waals surface area contributed by atoms with Gasteiger partial charge in [-0.1, -0.05) is 30.0 Å². The third-order valence-corrected chi connectivity index (χ3v) is 4.94. The van der Waals surface area contributed by atoms with E-state index in [-0.39, 0.29) is 11.7 Å². The Morgan fingerprint density at radius 2 is 2.04 bits per heavy atom. The predicted octanol–water partition coefficient (Wildman–Crippen LogP) is 3.85. The SMILES string of the molecule is COc1ccc2[nH]c3c(SCC(=O)Nc4ccccc4)ncnc3c2c1. The van der Waals surface area contributed by atoms with Crippen LogP contribution in [0.5, 0.6) is 5.75 Å². The smallest absolute Gasteiger partial charge is 0.234 e. The van der Waals surface area contributed by atoms with Gasteiger partial charge in [-0.2, -0.15) is 0 Å². The van der Waals surface area contributed by atoms with Crippen LogP contribution in [0, 0.1) is 0 Å². The quantitative estimate of drug-likeness (QED) is 0.415. The molecule has 6 nitrogen and oxygen atoms in total. The van der Waals surface area contributed by atoms with Crippen LogP contribution in [0.15, 0.2) is 59.9 Å². The summed E-state index contributed by atoms with van der Waals surface area (Å²) in [5.74, 6) is 0.957. The van der Waals surface area contributed by atoms with Crippen molar-refractivity contribution >= 4 is 45.3 Å². The van der Waals surface area contributed by atoms with Crippen LogP contribution in [0.2, 0.25) is 0 Å². The topological polar surface area (TPSA) is 79.9 Å². The summed E-state index contributed by atoms with van der Waals surface area (Å²) in [6, 6.07) is 15.2. The summed E-state index contributed by atoms with van der Waals surface area (Å²) < 4.78 is 5.29. The van der Waals surface area contributed by atoms with Crippen molar-refractivity contribution < 1.29 is 9.53 Å². The molecule has 130 valence electrons. The molecule has 0 saturated carbocycles. The molecule has 2 aromatic heterocycles. The standard InChI is InChI=1S/C19H16N4O2S/c1-25-13-7-8-15-14(9-13)17-18(23-15)19(21-11-20-17)26-10-16(24)22-12-5-3-2-4-6-12/h2-9,11,23H,10H2,1H3,(H,22,24). The number of nitrogens with zero attached hydrogens (tertiary/aromatic N) is 2. The number of amides is 1. The number of ether oxygens (including phenoxy) is 1. The lowest BCUT2D eigenvalue weighted by Gasteiger charge is -2.05. The number of H-pyrrole nitrogens is 1. The molecule has 0 aliphatic carbocycles. The zero-order chi connectivity index (χ0) is 17.9. The van der Waals surface area contributed by atoms with Crippen LogP contribution in [-0.4, -0.2) is 33.7 Å². The third-order valence-electron chi connectivity index (χ3n) is 3.95. The summed E-state index contributed by atoms with van der Waals surface area (Å²) in [5, 5.41) is 4.59. The molecule has 1 amide bonds. The van der Waals surface area contributed by atoms with Gasteiger partial charge in [0.1, 0.15) is 22.6 Å². The average molecular weight is 364 g/mol. The van der Waals surface area contributed by atoms with Gasteiger partial charge >= 0.3 is 0 Å². The number of aromatic amines is 1. The first-order valence-corrected chi connectivity index (χ1v) is 9.01. The Labute approximate surface area is 154 Å². The van der Waals surface area contributed by atoms with Gasteiger partial charge in [-0.3, -0.25) is 4.79 Å². The maximum Gasteiger partial charge on any atom is 0.234 e. The number of fused-ring (bicyclic) bond motifs is 3. The number of rotatable bonds is 5. The maximum absolute atomic E-state index is 12.2. The lowest BCUT2D eigenvalue weighted by molar-refractivity contribution is -0.113. The molecule has 4 rings (SSSR count). The number of anilines is 1. The van der Waals surface area contributed by atoms with E-state index in [0.29, 0.717) is 0 Å². The largest absolute Gasteiger partial charge is 0.497 e. The first-order valence-electron chi connectivity index (χ1n) is 8.03. The second-order valence-corrected chi connectivity index (χ2v) is 6.61. The Balaban J connectivity index is 1.57. The number of hydrogen-bond acceptors (Lipinski definition) is 5. The molecule has 0 fully saturated rings. The van der Waals surface area contributed by atoms with Crippen LogP contribution in [0.25, 0.3) is 21.9 Å². The fraction of sp³-hybridized carbons (Fsp3) is 0.105. The summed E-state index contributed by atoms with van der Waals surface area (Å²) >= 11 is 1.38. The molecule has 2 heterocycles. The van der Waals surface area contributed by atoms with Gasteiger partial charge in [-0.05, 0) is 30.3 Å². The molecule has 0 spiro atoms. The van der Waals surface area contributed by atoms with Gasteiger partial charge in [0.2, 0.25) is 5.91 Å². The van der Waals surface area contributed by atoms with Crippen LogP contribution in [-0.2, 0) is 4.79 Å². The molecule has 2 N–H and O–H groups in total. The molecule has 4 aromatic rings. The monoisotopic (exact) mass is 364 g/mol. The Kier molecular flexibility index (Phi) is 4.45. The zero-order valence-electron chi connectivity index (χ0n) is 14.0. The van der Waals surface area contributed by atoms with Crippen LogP contribution in [0.4, 0.5) is 5.69 Å². The van der Waals surface area contributed by atoms with Gasteiger partial charge in [0.05, 0.1) is 18.4 Å². The zero-order valence-corrected chi connectivity index (χ0v) is 14.8. The highest BCUT2D eigenvalue weighted by Gasteiger charge is 2.13. The van der Waals surface area contributed by atoms with E-state index in [4.69, 9.17) is 4.74 Å². The number of nitrogens with one attached hydrogen (secondary N) is 2. The van der Waals surface area contributed by atoms with Crippen molar-refractivity contribution in [2.75, 3.05) is 18.2 Å². The molecular formula is C19H16N4O2S. The van der Waals surface area contributed by atoms with Crippen LogP contribution < -0.4 is 10.1 Å². The van der Waals surface area contributed by atoms with E-state index in [9.17, 15) is 4.79 Å². The van der Waals surface area contributed by atoms with E-state index >= 15 is 0 Å². The molecule has 0 aliphatic heterocycles. The van der Waals surface area contributed by atoms with Crippen LogP contribution in [0.1, 0.15) is 0 Å². The summed E-state index contributed by atoms with van der Waals surface area (Å²) in [5.41, 5.74) is 3.38. The van der Waals surface area contributed by atoms with Crippen molar-refractivity contribution in [3.63, 3.8) is 0 Å². The Morgan fingerprint density at radius 1 is 1.19 bits per heavy atom. The number of carbonyl (C=O) groups excluding carboxylic acids is 1. The van der Waals surface area contributed by atoms with Crippen molar-refractivity contribution in [2.45, 2.75) is 5.03 Å². The maximum atomic E-state index is 12.2. The number of hydrogen-bond donors (Lipinski definition) is 2. The first-order chi connectivity index (χ1) is 12.7. The van der Waals surface area contributed by atoms with E-state index in [1.807, 2.05) is 48.5 Å². The fourth-order valence-electron chi connectivity index (χ4n) is 2.74. The van der Waals surface area contributed by atoms with Gasteiger partial charge in [-0.15, -0.1) is 0 Å². The van der Waals surface area contributed by atoms with E-state index in [1.165, 1.54) is 18.1 Å². The lowest BCUT2D eigenvalue weighted by Crippen LogP contribution is -2.14. The second-order valence-electron chi connectivity index (χ2n) is 5.64. The van der Waals surface area contributed by atoms with Crippen LogP contribution >= 0.6 is 11.8 Å². The molecule has 0 radical (unpaired) electrons. The second kappa shape index (κ2) is 7.05. The lowest BCUT2D eigenvalue weighted by atomic mass is 10.2. The van der Waals surface area contributed by atoms with Gasteiger partial charge in [0.15, 0.2) is 0 Å². The minimum Gasteiger partial charge on any atom is -0.497 e. The highest BCUT2D eigenvalue weighted by atomic mass is 32.2.